The quantitative estimate of drug-likeness (QED) is 0.347. The predicted molar refractivity (Wildman–Crippen MR) is 46.0 cm³/mol. The lowest BCUT2D eigenvalue weighted by atomic mass is 9.63. The van der Waals surface area contributed by atoms with E-state index in [9.17, 15) is 14.8 Å². The van der Waals surface area contributed by atoms with Gasteiger partial charge in [0.05, 0.1) is 11.8 Å². The first-order valence-electron chi connectivity index (χ1n) is 4.95. The molecule has 4 atom stereocenters. The molecule has 14 heavy (non-hydrogen) atoms. The first-order chi connectivity index (χ1) is 6.70. The maximum Gasteiger partial charge on any atom is 0.257 e. The minimum atomic E-state index is -0.404. The maximum atomic E-state index is 11.6. The van der Waals surface area contributed by atoms with Gasteiger partial charge in [0, 0.05) is 0 Å². The van der Waals surface area contributed by atoms with Gasteiger partial charge in [0.15, 0.2) is 0 Å². The molecule has 0 radical (unpaired) electrons. The van der Waals surface area contributed by atoms with E-state index in [1.807, 2.05) is 12.2 Å². The fourth-order valence-electron chi connectivity index (χ4n) is 3.06. The average molecular weight is 193 g/mol. The van der Waals surface area contributed by atoms with Crippen LogP contribution >= 0.6 is 0 Å². The van der Waals surface area contributed by atoms with Crippen molar-refractivity contribution < 1.29 is 14.8 Å². The third kappa shape index (κ3) is 0.773. The first-order valence-corrected chi connectivity index (χ1v) is 4.95. The molecule has 4 heteroatoms. The summed E-state index contributed by atoms with van der Waals surface area (Å²) in [6.07, 6.45) is 5.99. The van der Waals surface area contributed by atoms with Gasteiger partial charge in [0.1, 0.15) is 0 Å². The second-order valence-electron chi connectivity index (χ2n) is 4.33. The van der Waals surface area contributed by atoms with Gasteiger partial charge in [-0.2, -0.15) is 5.06 Å². The van der Waals surface area contributed by atoms with Crippen LogP contribution in [0, 0.1) is 23.7 Å². The lowest BCUT2D eigenvalue weighted by Gasteiger charge is -2.37. The summed E-state index contributed by atoms with van der Waals surface area (Å²) in [5.41, 5.74) is 0. The van der Waals surface area contributed by atoms with Crippen molar-refractivity contribution in [3.63, 3.8) is 0 Å². The number of rotatable bonds is 0. The Morgan fingerprint density at radius 3 is 1.86 bits per heavy atom. The minimum absolute atomic E-state index is 0.165. The van der Waals surface area contributed by atoms with Crippen molar-refractivity contribution in [2.45, 2.75) is 12.8 Å². The van der Waals surface area contributed by atoms with Crippen LogP contribution in [0.25, 0.3) is 0 Å². The van der Waals surface area contributed by atoms with Crippen molar-refractivity contribution in [2.75, 3.05) is 0 Å². The third-order valence-corrected chi connectivity index (χ3v) is 3.74. The molecule has 1 N–H and O–H groups in total. The summed E-state index contributed by atoms with van der Waals surface area (Å²) in [5, 5.41) is 9.59. The summed E-state index contributed by atoms with van der Waals surface area (Å²) in [4.78, 5) is 23.1. The summed E-state index contributed by atoms with van der Waals surface area (Å²) in [6, 6.07) is 0. The molecular weight excluding hydrogens is 182 g/mol. The molecule has 4 rings (SSSR count). The van der Waals surface area contributed by atoms with Crippen molar-refractivity contribution >= 4 is 11.8 Å². The van der Waals surface area contributed by atoms with E-state index in [-0.39, 0.29) is 23.7 Å². The van der Waals surface area contributed by atoms with Crippen molar-refractivity contribution in [3.8, 4) is 0 Å². The number of hydrogen-bond acceptors (Lipinski definition) is 3. The van der Waals surface area contributed by atoms with E-state index in [1.54, 1.807) is 0 Å². The fraction of sp³-hybridized carbons (Fsp3) is 0.600. The molecule has 2 amide bonds. The van der Waals surface area contributed by atoms with Gasteiger partial charge in [-0.3, -0.25) is 14.8 Å². The number of fused-ring (bicyclic) bond motifs is 1. The molecule has 2 fully saturated rings. The Kier molecular flexibility index (Phi) is 1.43. The highest BCUT2D eigenvalue weighted by Crippen LogP contribution is 2.48. The van der Waals surface area contributed by atoms with E-state index in [1.165, 1.54) is 0 Å². The van der Waals surface area contributed by atoms with Gasteiger partial charge in [0.25, 0.3) is 11.8 Å². The van der Waals surface area contributed by atoms with Crippen LogP contribution in [0.15, 0.2) is 12.2 Å². The minimum Gasteiger partial charge on any atom is -0.278 e. The van der Waals surface area contributed by atoms with Crippen LogP contribution in [0.3, 0.4) is 0 Å². The van der Waals surface area contributed by atoms with E-state index < -0.39 is 11.8 Å². The molecule has 3 aliphatic carbocycles. The van der Waals surface area contributed by atoms with Crippen LogP contribution in [0.5, 0.6) is 0 Å². The summed E-state index contributed by atoms with van der Waals surface area (Å²) >= 11 is 0. The topological polar surface area (TPSA) is 57.6 Å². The number of hydrogen-bond donors (Lipinski definition) is 1. The zero-order valence-corrected chi connectivity index (χ0v) is 7.59. The van der Waals surface area contributed by atoms with Crippen LogP contribution in [0.4, 0.5) is 0 Å². The second-order valence-corrected chi connectivity index (χ2v) is 4.33. The number of amides is 2. The van der Waals surface area contributed by atoms with Crippen LogP contribution in [-0.4, -0.2) is 22.1 Å². The molecule has 0 aromatic rings. The molecular formula is C10H11NO3. The van der Waals surface area contributed by atoms with Gasteiger partial charge >= 0.3 is 0 Å². The molecule has 2 bridgehead atoms. The zero-order chi connectivity index (χ0) is 9.87. The predicted octanol–water partition coefficient (Wildman–Crippen LogP) is 0.573. The number of carbonyl (C=O) groups is 2. The lowest BCUT2D eigenvalue weighted by Crippen LogP contribution is -2.38. The Balaban J connectivity index is 2.07. The summed E-state index contributed by atoms with van der Waals surface area (Å²) < 4.78 is 0. The largest absolute Gasteiger partial charge is 0.278 e. The maximum absolute atomic E-state index is 11.6. The van der Waals surface area contributed by atoms with E-state index >= 15 is 0 Å². The van der Waals surface area contributed by atoms with Crippen LogP contribution < -0.4 is 0 Å². The highest BCUT2D eigenvalue weighted by molar-refractivity contribution is 6.04. The highest BCUT2D eigenvalue weighted by atomic mass is 16.5. The van der Waals surface area contributed by atoms with Gasteiger partial charge in [-0.15, -0.1) is 0 Å². The number of imide groups is 1. The Hall–Kier alpha value is -1.16. The van der Waals surface area contributed by atoms with Gasteiger partial charge in [-0.05, 0) is 24.7 Å². The smallest absolute Gasteiger partial charge is 0.257 e. The molecule has 4 aliphatic rings. The highest BCUT2D eigenvalue weighted by Gasteiger charge is 2.56. The Bertz CT molecular complexity index is 317. The first kappa shape index (κ1) is 8.17. The molecule has 74 valence electrons. The Morgan fingerprint density at radius 1 is 1.07 bits per heavy atom. The second kappa shape index (κ2) is 2.45. The lowest BCUT2D eigenvalue weighted by molar-refractivity contribution is -0.173. The van der Waals surface area contributed by atoms with Crippen molar-refractivity contribution in [2.24, 2.45) is 23.7 Å². The molecule has 1 saturated carbocycles. The van der Waals surface area contributed by atoms with Gasteiger partial charge in [-0.1, -0.05) is 12.2 Å². The van der Waals surface area contributed by atoms with Crippen LogP contribution in [0.2, 0.25) is 0 Å². The molecule has 4 unspecified atom stereocenters. The normalized spacial score (nSPS) is 44.8. The average Bonchev–Trinajstić information content (AvgIpc) is 2.47. The standard InChI is InChI=1S/C10H11NO3/c12-9-7-5-1-2-6(4-3-5)8(7)10(13)11(9)14/h1-2,5-8,14H,3-4H2. The van der Waals surface area contributed by atoms with Crippen LogP contribution in [-0.2, 0) is 9.59 Å². The van der Waals surface area contributed by atoms with E-state index in [2.05, 4.69) is 0 Å². The summed E-state index contributed by atoms with van der Waals surface area (Å²) in [6.45, 7) is 0. The number of nitrogens with zero attached hydrogens (tertiary/aromatic N) is 1. The number of carbonyl (C=O) groups excluding carboxylic acids is 2. The zero-order valence-electron chi connectivity index (χ0n) is 7.59. The molecule has 4 nitrogen and oxygen atoms in total. The van der Waals surface area contributed by atoms with Gasteiger partial charge < -0.3 is 0 Å². The molecule has 0 aromatic heterocycles. The Labute approximate surface area is 81.1 Å². The molecule has 0 spiro atoms. The monoisotopic (exact) mass is 193 g/mol. The Morgan fingerprint density at radius 2 is 1.50 bits per heavy atom. The van der Waals surface area contributed by atoms with E-state index in [0.717, 1.165) is 12.8 Å². The summed E-state index contributed by atoms with van der Waals surface area (Å²) in [5.74, 6) is -1.04. The van der Waals surface area contributed by atoms with Crippen LogP contribution in [0.1, 0.15) is 12.8 Å². The summed E-state index contributed by atoms with van der Waals surface area (Å²) in [7, 11) is 0. The van der Waals surface area contributed by atoms with Gasteiger partial charge in [0.2, 0.25) is 0 Å². The van der Waals surface area contributed by atoms with Crippen molar-refractivity contribution in [1.29, 1.82) is 0 Å². The SMILES string of the molecule is O=C1C2C3C=CC(CC3)C2C(=O)N1O. The van der Waals surface area contributed by atoms with Crippen molar-refractivity contribution in [3.05, 3.63) is 12.2 Å². The number of allylic oxidation sites excluding steroid dienone is 2. The molecule has 0 aromatic carbocycles. The molecule has 1 heterocycles. The molecule has 1 saturated heterocycles. The van der Waals surface area contributed by atoms with E-state index in [0.29, 0.717) is 5.06 Å². The van der Waals surface area contributed by atoms with Crippen molar-refractivity contribution in [1.82, 2.24) is 5.06 Å². The number of hydroxylamine groups is 2. The fourth-order valence-corrected chi connectivity index (χ4v) is 3.06. The van der Waals surface area contributed by atoms with E-state index in [4.69, 9.17) is 0 Å². The third-order valence-electron chi connectivity index (χ3n) is 3.74. The van der Waals surface area contributed by atoms with Gasteiger partial charge in [-0.25, -0.2) is 0 Å². The molecule has 1 aliphatic heterocycles.